The standard InChI is InChI=1S/C9H9BrN2O3/c10-8-6(2-1-4-11-8)9(15)12-5-3-7(13)14/h1-2,4H,3,5H2,(H,12,15)(H,13,14). The molecule has 0 spiro atoms. The summed E-state index contributed by atoms with van der Waals surface area (Å²) in [7, 11) is 0. The SMILES string of the molecule is O=C(O)CCNC(=O)c1cccnc1Br. The quantitative estimate of drug-likeness (QED) is 0.803. The fraction of sp³-hybridized carbons (Fsp3) is 0.222. The van der Waals surface area contributed by atoms with Crippen molar-refractivity contribution in [1.29, 1.82) is 0 Å². The Morgan fingerprint density at radius 2 is 2.27 bits per heavy atom. The lowest BCUT2D eigenvalue weighted by Crippen LogP contribution is -2.26. The molecule has 1 aromatic rings. The first-order chi connectivity index (χ1) is 7.11. The molecule has 1 rings (SSSR count). The van der Waals surface area contributed by atoms with Crippen LogP contribution in [0.15, 0.2) is 22.9 Å². The first-order valence-electron chi connectivity index (χ1n) is 4.22. The Balaban J connectivity index is 2.54. The molecule has 1 amide bonds. The summed E-state index contributed by atoms with van der Waals surface area (Å²) in [6, 6.07) is 3.24. The third kappa shape index (κ3) is 3.67. The van der Waals surface area contributed by atoms with Gasteiger partial charge in [-0.15, -0.1) is 0 Å². The minimum absolute atomic E-state index is 0.0936. The largest absolute Gasteiger partial charge is 0.481 e. The molecule has 0 bridgehead atoms. The van der Waals surface area contributed by atoms with Crippen molar-refractivity contribution in [3.8, 4) is 0 Å². The molecule has 0 saturated heterocycles. The molecule has 2 N–H and O–H groups in total. The summed E-state index contributed by atoms with van der Waals surface area (Å²) in [6.45, 7) is 0.107. The van der Waals surface area contributed by atoms with Crippen molar-refractivity contribution in [2.75, 3.05) is 6.54 Å². The summed E-state index contributed by atoms with van der Waals surface area (Å²) in [6.07, 6.45) is 1.46. The van der Waals surface area contributed by atoms with Crippen molar-refractivity contribution in [3.05, 3.63) is 28.5 Å². The Hall–Kier alpha value is -1.43. The molecular weight excluding hydrogens is 264 g/mol. The Kier molecular flexibility index (Phi) is 4.23. The van der Waals surface area contributed by atoms with E-state index in [1.54, 1.807) is 18.3 Å². The molecule has 1 heterocycles. The average molecular weight is 273 g/mol. The third-order valence-corrected chi connectivity index (χ3v) is 2.26. The van der Waals surface area contributed by atoms with Crippen LogP contribution in [-0.2, 0) is 4.79 Å². The number of aliphatic carboxylic acids is 1. The molecule has 1 aromatic heterocycles. The van der Waals surface area contributed by atoms with E-state index >= 15 is 0 Å². The molecule has 0 saturated carbocycles. The van der Waals surface area contributed by atoms with Gasteiger partial charge in [-0.3, -0.25) is 9.59 Å². The van der Waals surface area contributed by atoms with Crippen LogP contribution < -0.4 is 5.32 Å². The molecule has 0 aliphatic rings. The maximum atomic E-state index is 11.5. The van der Waals surface area contributed by atoms with Crippen LogP contribution in [0.4, 0.5) is 0 Å². The first-order valence-corrected chi connectivity index (χ1v) is 5.01. The molecule has 0 aromatic carbocycles. The summed E-state index contributed by atoms with van der Waals surface area (Å²) in [5.41, 5.74) is 0.392. The summed E-state index contributed by atoms with van der Waals surface area (Å²) in [4.78, 5) is 25.6. The van der Waals surface area contributed by atoms with Crippen molar-refractivity contribution < 1.29 is 14.7 Å². The number of pyridine rings is 1. The number of carbonyl (C=O) groups excluding carboxylic acids is 1. The number of amides is 1. The number of nitrogens with one attached hydrogen (secondary N) is 1. The van der Waals surface area contributed by atoms with Crippen LogP contribution in [-0.4, -0.2) is 28.5 Å². The van der Waals surface area contributed by atoms with Crippen LogP contribution >= 0.6 is 15.9 Å². The minimum Gasteiger partial charge on any atom is -0.481 e. The van der Waals surface area contributed by atoms with Crippen LogP contribution in [0.5, 0.6) is 0 Å². The highest BCUT2D eigenvalue weighted by Gasteiger charge is 2.09. The molecule has 0 fully saturated rings. The zero-order chi connectivity index (χ0) is 11.3. The number of carboxylic acids is 1. The molecule has 80 valence electrons. The van der Waals surface area contributed by atoms with E-state index in [2.05, 4.69) is 26.2 Å². The number of carbonyl (C=O) groups is 2. The topological polar surface area (TPSA) is 79.3 Å². The van der Waals surface area contributed by atoms with Gasteiger partial charge in [-0.2, -0.15) is 0 Å². The Morgan fingerprint density at radius 1 is 1.53 bits per heavy atom. The number of carboxylic acid groups (broad SMARTS) is 1. The molecular formula is C9H9BrN2O3. The fourth-order valence-corrected chi connectivity index (χ4v) is 1.36. The van der Waals surface area contributed by atoms with E-state index in [0.29, 0.717) is 10.2 Å². The van der Waals surface area contributed by atoms with Gasteiger partial charge in [-0.25, -0.2) is 4.98 Å². The van der Waals surface area contributed by atoms with Crippen LogP contribution in [0.1, 0.15) is 16.8 Å². The van der Waals surface area contributed by atoms with Gasteiger partial charge in [0.2, 0.25) is 0 Å². The maximum Gasteiger partial charge on any atom is 0.305 e. The zero-order valence-electron chi connectivity index (χ0n) is 7.74. The molecule has 0 aliphatic heterocycles. The van der Waals surface area contributed by atoms with Crippen molar-refractivity contribution >= 4 is 27.8 Å². The Labute approximate surface area is 94.6 Å². The van der Waals surface area contributed by atoms with Crippen molar-refractivity contribution in [3.63, 3.8) is 0 Å². The maximum absolute atomic E-state index is 11.5. The Morgan fingerprint density at radius 3 is 2.87 bits per heavy atom. The molecule has 0 unspecified atom stereocenters. The van der Waals surface area contributed by atoms with E-state index in [0.717, 1.165) is 0 Å². The van der Waals surface area contributed by atoms with E-state index in [-0.39, 0.29) is 18.9 Å². The molecule has 6 heteroatoms. The molecule has 0 atom stereocenters. The number of nitrogens with zero attached hydrogens (tertiary/aromatic N) is 1. The van der Waals surface area contributed by atoms with Gasteiger partial charge in [0.05, 0.1) is 12.0 Å². The summed E-state index contributed by atoms with van der Waals surface area (Å²) < 4.78 is 0.442. The van der Waals surface area contributed by atoms with Gasteiger partial charge in [-0.1, -0.05) is 0 Å². The lowest BCUT2D eigenvalue weighted by Gasteiger charge is -2.04. The van der Waals surface area contributed by atoms with E-state index in [9.17, 15) is 9.59 Å². The lowest BCUT2D eigenvalue weighted by atomic mass is 10.2. The number of hydrogen-bond donors (Lipinski definition) is 2. The Bertz CT molecular complexity index is 381. The normalized spacial score (nSPS) is 9.67. The van der Waals surface area contributed by atoms with E-state index in [4.69, 9.17) is 5.11 Å². The van der Waals surface area contributed by atoms with Gasteiger partial charge in [0.15, 0.2) is 0 Å². The van der Waals surface area contributed by atoms with Crippen molar-refractivity contribution in [1.82, 2.24) is 10.3 Å². The van der Waals surface area contributed by atoms with E-state index in [1.807, 2.05) is 0 Å². The monoisotopic (exact) mass is 272 g/mol. The smallest absolute Gasteiger partial charge is 0.305 e. The third-order valence-electron chi connectivity index (χ3n) is 1.63. The molecule has 0 aliphatic carbocycles. The summed E-state index contributed by atoms with van der Waals surface area (Å²) in [5.74, 6) is -1.28. The average Bonchev–Trinajstić information content (AvgIpc) is 2.17. The highest BCUT2D eigenvalue weighted by atomic mass is 79.9. The van der Waals surface area contributed by atoms with E-state index < -0.39 is 5.97 Å². The van der Waals surface area contributed by atoms with Crippen LogP contribution in [0.2, 0.25) is 0 Å². The lowest BCUT2D eigenvalue weighted by molar-refractivity contribution is -0.136. The number of halogens is 1. The van der Waals surface area contributed by atoms with Gasteiger partial charge < -0.3 is 10.4 Å². The van der Waals surface area contributed by atoms with Gasteiger partial charge in [0, 0.05) is 12.7 Å². The van der Waals surface area contributed by atoms with E-state index in [1.165, 1.54) is 0 Å². The predicted molar refractivity (Wildman–Crippen MR) is 56.5 cm³/mol. The zero-order valence-corrected chi connectivity index (χ0v) is 9.32. The van der Waals surface area contributed by atoms with Gasteiger partial charge >= 0.3 is 5.97 Å². The summed E-state index contributed by atoms with van der Waals surface area (Å²) in [5, 5.41) is 10.9. The van der Waals surface area contributed by atoms with Crippen molar-refractivity contribution in [2.24, 2.45) is 0 Å². The number of hydrogen-bond acceptors (Lipinski definition) is 3. The second kappa shape index (κ2) is 5.45. The second-order valence-electron chi connectivity index (χ2n) is 2.74. The second-order valence-corrected chi connectivity index (χ2v) is 3.49. The van der Waals surface area contributed by atoms with Crippen LogP contribution in [0, 0.1) is 0 Å². The molecule has 0 radical (unpaired) electrons. The van der Waals surface area contributed by atoms with Crippen LogP contribution in [0.3, 0.4) is 0 Å². The summed E-state index contributed by atoms with van der Waals surface area (Å²) >= 11 is 3.13. The predicted octanol–water partition coefficient (Wildman–Crippen LogP) is 1.05. The minimum atomic E-state index is -0.944. The molecule has 15 heavy (non-hydrogen) atoms. The highest BCUT2D eigenvalue weighted by molar-refractivity contribution is 9.10. The van der Waals surface area contributed by atoms with Gasteiger partial charge in [0.25, 0.3) is 5.91 Å². The van der Waals surface area contributed by atoms with Crippen molar-refractivity contribution in [2.45, 2.75) is 6.42 Å². The molecule has 5 nitrogen and oxygen atoms in total. The first kappa shape index (κ1) is 11.6. The highest BCUT2D eigenvalue weighted by Crippen LogP contribution is 2.11. The number of rotatable bonds is 4. The van der Waals surface area contributed by atoms with Crippen LogP contribution in [0.25, 0.3) is 0 Å². The number of aromatic nitrogens is 1. The van der Waals surface area contributed by atoms with Gasteiger partial charge in [0.1, 0.15) is 4.60 Å². The fourth-order valence-electron chi connectivity index (χ4n) is 0.934. The van der Waals surface area contributed by atoms with Gasteiger partial charge in [-0.05, 0) is 28.1 Å².